The Bertz CT molecular complexity index is 663. The minimum Gasteiger partial charge on any atom is -0.383 e. The van der Waals surface area contributed by atoms with E-state index < -0.39 is 11.7 Å². The third-order valence-electron chi connectivity index (χ3n) is 2.46. The third-order valence-corrected chi connectivity index (χ3v) is 3.70. The van der Waals surface area contributed by atoms with Gasteiger partial charge in [0.15, 0.2) is 5.16 Å². The Kier molecular flexibility index (Phi) is 4.62. The van der Waals surface area contributed by atoms with Crippen LogP contribution in [0.2, 0.25) is 0 Å². The molecule has 0 bridgehead atoms. The van der Waals surface area contributed by atoms with Crippen molar-refractivity contribution < 1.29 is 13.2 Å². The van der Waals surface area contributed by atoms with Crippen molar-refractivity contribution in [2.45, 2.75) is 11.3 Å². The maximum absolute atomic E-state index is 12.7. The van der Waals surface area contributed by atoms with Crippen molar-refractivity contribution in [3.05, 3.63) is 34.3 Å². The monoisotopic (exact) mass is 378 g/mol. The van der Waals surface area contributed by atoms with E-state index >= 15 is 0 Å². The fourth-order valence-electron chi connectivity index (χ4n) is 1.53. The van der Waals surface area contributed by atoms with Gasteiger partial charge in [-0.1, -0.05) is 11.8 Å². The highest BCUT2D eigenvalue weighted by Crippen LogP contribution is 2.35. The molecule has 0 unspecified atom stereocenters. The standard InChI is InChI=1S/C12H10BrF3N4S/c1-21-11-19-9(17)5-10(20-11)18-8-4-6(12(14,15)16)2-3-7(8)13/h2-5H,1H3,(H3,17,18,19,20). The highest BCUT2D eigenvalue weighted by atomic mass is 79.9. The molecule has 0 spiro atoms. The van der Waals surface area contributed by atoms with Crippen molar-refractivity contribution in [3.63, 3.8) is 0 Å². The summed E-state index contributed by atoms with van der Waals surface area (Å²) in [5, 5.41) is 3.24. The first-order valence-corrected chi connectivity index (χ1v) is 7.63. The van der Waals surface area contributed by atoms with Crippen LogP contribution in [-0.2, 0) is 6.18 Å². The topological polar surface area (TPSA) is 63.8 Å². The van der Waals surface area contributed by atoms with Gasteiger partial charge in [0.05, 0.1) is 11.3 Å². The largest absolute Gasteiger partial charge is 0.416 e. The summed E-state index contributed by atoms with van der Waals surface area (Å²) >= 11 is 4.48. The normalized spacial score (nSPS) is 11.5. The Balaban J connectivity index is 2.37. The molecule has 2 aromatic rings. The number of thioether (sulfide) groups is 1. The molecule has 0 aliphatic rings. The Morgan fingerprint density at radius 1 is 1.24 bits per heavy atom. The summed E-state index contributed by atoms with van der Waals surface area (Å²) in [7, 11) is 0. The Labute approximate surface area is 131 Å². The lowest BCUT2D eigenvalue weighted by atomic mass is 10.2. The van der Waals surface area contributed by atoms with E-state index in [4.69, 9.17) is 5.73 Å². The molecule has 3 N–H and O–H groups in total. The molecule has 1 aromatic heterocycles. The summed E-state index contributed by atoms with van der Waals surface area (Å²) < 4.78 is 38.7. The molecule has 0 saturated carbocycles. The number of alkyl halides is 3. The zero-order valence-electron chi connectivity index (χ0n) is 10.7. The van der Waals surface area contributed by atoms with Crippen molar-refractivity contribution in [1.29, 1.82) is 0 Å². The van der Waals surface area contributed by atoms with Crippen LogP contribution in [-0.4, -0.2) is 16.2 Å². The first kappa shape index (κ1) is 15.9. The average Bonchev–Trinajstić information content (AvgIpc) is 2.39. The first-order chi connectivity index (χ1) is 9.79. The lowest BCUT2D eigenvalue weighted by molar-refractivity contribution is -0.137. The van der Waals surface area contributed by atoms with E-state index in [1.54, 1.807) is 6.26 Å². The van der Waals surface area contributed by atoms with Gasteiger partial charge < -0.3 is 11.1 Å². The maximum Gasteiger partial charge on any atom is 0.416 e. The molecule has 21 heavy (non-hydrogen) atoms. The van der Waals surface area contributed by atoms with Gasteiger partial charge in [0.25, 0.3) is 0 Å². The van der Waals surface area contributed by atoms with Gasteiger partial charge in [-0.15, -0.1) is 0 Å². The second kappa shape index (κ2) is 6.10. The zero-order chi connectivity index (χ0) is 15.6. The minimum absolute atomic E-state index is 0.236. The highest BCUT2D eigenvalue weighted by molar-refractivity contribution is 9.10. The second-order valence-electron chi connectivity index (χ2n) is 3.98. The number of anilines is 3. The Morgan fingerprint density at radius 2 is 1.95 bits per heavy atom. The molecule has 0 saturated heterocycles. The summed E-state index contributed by atoms with van der Waals surface area (Å²) in [6.07, 6.45) is -2.63. The number of nitrogens with one attached hydrogen (secondary N) is 1. The predicted octanol–water partition coefficient (Wildman–Crippen LogP) is 4.31. The van der Waals surface area contributed by atoms with E-state index in [1.165, 1.54) is 23.9 Å². The summed E-state index contributed by atoms with van der Waals surface area (Å²) in [4.78, 5) is 8.11. The lowest BCUT2D eigenvalue weighted by Gasteiger charge is -2.12. The molecule has 0 radical (unpaired) electrons. The van der Waals surface area contributed by atoms with E-state index in [2.05, 4.69) is 31.2 Å². The molecule has 112 valence electrons. The molecule has 0 aliphatic heterocycles. The molecule has 1 heterocycles. The Morgan fingerprint density at radius 3 is 2.57 bits per heavy atom. The van der Waals surface area contributed by atoms with Gasteiger partial charge in [0.1, 0.15) is 11.6 Å². The van der Waals surface area contributed by atoms with Crippen LogP contribution >= 0.6 is 27.7 Å². The molecule has 4 nitrogen and oxygen atoms in total. The maximum atomic E-state index is 12.7. The first-order valence-electron chi connectivity index (χ1n) is 5.62. The van der Waals surface area contributed by atoms with Crippen LogP contribution in [0.15, 0.2) is 33.9 Å². The molecular formula is C12H10BrF3N4S. The quantitative estimate of drug-likeness (QED) is 0.615. The van der Waals surface area contributed by atoms with Crippen LogP contribution in [0.25, 0.3) is 0 Å². The molecule has 1 aromatic carbocycles. The second-order valence-corrected chi connectivity index (χ2v) is 5.61. The van der Waals surface area contributed by atoms with Gasteiger partial charge in [-0.2, -0.15) is 13.2 Å². The SMILES string of the molecule is CSc1nc(N)cc(Nc2cc(C(F)(F)F)ccc2Br)n1. The zero-order valence-corrected chi connectivity index (χ0v) is 13.1. The summed E-state index contributed by atoms with van der Waals surface area (Å²) in [6, 6.07) is 4.77. The molecule has 9 heteroatoms. The molecule has 0 aliphatic carbocycles. The molecule has 0 fully saturated rings. The van der Waals surface area contributed by atoms with Gasteiger partial charge in [0, 0.05) is 10.5 Å². The number of aromatic nitrogens is 2. The van der Waals surface area contributed by atoms with E-state index in [1.807, 2.05) is 0 Å². The van der Waals surface area contributed by atoms with Gasteiger partial charge in [-0.25, -0.2) is 9.97 Å². The van der Waals surface area contributed by atoms with E-state index in [0.717, 1.165) is 12.1 Å². The van der Waals surface area contributed by atoms with Crippen molar-refractivity contribution >= 4 is 45.0 Å². The minimum atomic E-state index is -4.41. The van der Waals surface area contributed by atoms with E-state index in [0.29, 0.717) is 15.4 Å². The van der Waals surface area contributed by atoms with Crippen LogP contribution in [0.1, 0.15) is 5.56 Å². The number of rotatable bonds is 3. The fourth-order valence-corrected chi connectivity index (χ4v) is 2.27. The molecular weight excluding hydrogens is 369 g/mol. The van der Waals surface area contributed by atoms with Crippen LogP contribution in [0.4, 0.5) is 30.5 Å². The number of hydrogen-bond acceptors (Lipinski definition) is 5. The van der Waals surface area contributed by atoms with Gasteiger partial charge in [-0.05, 0) is 40.4 Å². The molecule has 0 amide bonds. The number of halogens is 4. The third kappa shape index (κ3) is 4.01. The lowest BCUT2D eigenvalue weighted by Crippen LogP contribution is -2.06. The molecule has 0 atom stereocenters. The number of nitrogens with zero attached hydrogens (tertiary/aromatic N) is 2. The van der Waals surface area contributed by atoms with Crippen LogP contribution in [0.5, 0.6) is 0 Å². The van der Waals surface area contributed by atoms with Gasteiger partial charge in [-0.3, -0.25) is 0 Å². The number of nitrogens with two attached hydrogens (primary N) is 1. The van der Waals surface area contributed by atoms with Crippen molar-refractivity contribution in [2.24, 2.45) is 0 Å². The summed E-state index contributed by atoms with van der Waals surface area (Å²) in [5.74, 6) is 0.562. The van der Waals surface area contributed by atoms with Crippen LogP contribution in [0.3, 0.4) is 0 Å². The van der Waals surface area contributed by atoms with Crippen molar-refractivity contribution in [1.82, 2.24) is 9.97 Å². The average molecular weight is 379 g/mol. The van der Waals surface area contributed by atoms with Gasteiger partial charge in [0.2, 0.25) is 0 Å². The molecule has 2 rings (SSSR count). The van der Waals surface area contributed by atoms with E-state index in [-0.39, 0.29) is 11.5 Å². The van der Waals surface area contributed by atoms with E-state index in [9.17, 15) is 13.2 Å². The summed E-state index contributed by atoms with van der Waals surface area (Å²) in [5.41, 5.74) is 5.13. The van der Waals surface area contributed by atoms with Crippen LogP contribution < -0.4 is 11.1 Å². The number of benzene rings is 1. The predicted molar refractivity (Wildman–Crippen MR) is 80.7 cm³/mol. The number of hydrogen-bond donors (Lipinski definition) is 2. The van der Waals surface area contributed by atoms with Gasteiger partial charge >= 0.3 is 6.18 Å². The van der Waals surface area contributed by atoms with Crippen molar-refractivity contribution in [2.75, 3.05) is 17.3 Å². The van der Waals surface area contributed by atoms with Crippen molar-refractivity contribution in [3.8, 4) is 0 Å². The number of nitrogen functional groups attached to an aromatic ring is 1. The summed E-state index contributed by atoms with van der Waals surface area (Å²) in [6.45, 7) is 0. The van der Waals surface area contributed by atoms with Crippen LogP contribution in [0, 0.1) is 0 Å². The smallest absolute Gasteiger partial charge is 0.383 e. The Hall–Kier alpha value is -1.48. The fraction of sp³-hybridized carbons (Fsp3) is 0.167. The highest BCUT2D eigenvalue weighted by Gasteiger charge is 2.30.